The largest absolute Gasteiger partial charge is 0.378 e. The lowest BCUT2D eigenvalue weighted by Gasteiger charge is -2.33. The molecule has 0 radical (unpaired) electrons. The fourth-order valence-corrected chi connectivity index (χ4v) is 3.49. The average Bonchev–Trinajstić information content (AvgIpc) is 2.62. The highest BCUT2D eigenvalue weighted by Crippen LogP contribution is 2.16. The van der Waals surface area contributed by atoms with Gasteiger partial charge in [-0.2, -0.15) is 0 Å². The Morgan fingerprint density at radius 3 is 2.36 bits per heavy atom. The van der Waals surface area contributed by atoms with Crippen molar-refractivity contribution < 1.29 is 14.6 Å². The highest BCUT2D eigenvalue weighted by atomic mass is 16.1. The molecule has 0 spiro atoms. The zero-order valence-corrected chi connectivity index (χ0v) is 16.4. The van der Waals surface area contributed by atoms with Crippen LogP contribution < -0.4 is 20.0 Å². The molecule has 0 aliphatic carbocycles. The third kappa shape index (κ3) is 6.01. The molecule has 0 saturated carbocycles. The molecule has 2 rings (SSSR count). The number of likely N-dealkylation sites (N-methyl/N-ethyl adjacent to an activating group) is 1. The Morgan fingerprint density at radius 1 is 1.16 bits per heavy atom. The first-order valence-electron chi connectivity index (χ1n) is 9.71. The van der Waals surface area contributed by atoms with Gasteiger partial charge >= 0.3 is 0 Å². The van der Waals surface area contributed by atoms with Crippen molar-refractivity contribution in [3.05, 3.63) is 29.8 Å². The molecule has 25 heavy (non-hydrogen) atoms. The van der Waals surface area contributed by atoms with E-state index in [0.717, 1.165) is 32.5 Å². The molecule has 1 aliphatic heterocycles. The molecular weight excluding hydrogens is 312 g/mol. The summed E-state index contributed by atoms with van der Waals surface area (Å²) in [5.41, 5.74) is 2.54. The Hall–Kier alpha value is -1.59. The van der Waals surface area contributed by atoms with Crippen LogP contribution in [0.3, 0.4) is 0 Å². The lowest BCUT2D eigenvalue weighted by atomic mass is 10.0. The fourth-order valence-electron chi connectivity index (χ4n) is 3.49. The molecule has 1 atom stereocenters. The molecule has 0 unspecified atom stereocenters. The minimum atomic E-state index is 0.191. The van der Waals surface area contributed by atoms with Crippen LogP contribution in [0.5, 0.6) is 0 Å². The van der Waals surface area contributed by atoms with Crippen molar-refractivity contribution in [3.8, 4) is 0 Å². The number of nitrogens with zero attached hydrogens (tertiary/aromatic N) is 1. The molecule has 1 heterocycles. The van der Waals surface area contributed by atoms with Crippen LogP contribution in [0.2, 0.25) is 0 Å². The molecule has 0 aromatic heterocycles. The lowest BCUT2D eigenvalue weighted by Crippen LogP contribution is -3.27. The van der Waals surface area contributed by atoms with Gasteiger partial charge in [-0.25, -0.2) is 0 Å². The van der Waals surface area contributed by atoms with Crippen LogP contribution in [0.4, 0.5) is 5.69 Å². The molecule has 1 saturated heterocycles. The van der Waals surface area contributed by atoms with Gasteiger partial charge in [0.1, 0.15) is 32.2 Å². The third-order valence-electron chi connectivity index (χ3n) is 5.31. The van der Waals surface area contributed by atoms with Gasteiger partial charge < -0.3 is 20.0 Å². The van der Waals surface area contributed by atoms with E-state index < -0.39 is 0 Å². The number of anilines is 1. The Morgan fingerprint density at radius 2 is 1.80 bits per heavy atom. The molecular formula is C20H36N4O+2. The predicted molar refractivity (Wildman–Crippen MR) is 103 cm³/mol. The lowest BCUT2D eigenvalue weighted by molar-refractivity contribution is -1.02. The van der Waals surface area contributed by atoms with Crippen LogP contribution in [0.1, 0.15) is 37.8 Å². The summed E-state index contributed by atoms with van der Waals surface area (Å²) < 4.78 is 0. The minimum absolute atomic E-state index is 0.191. The number of unbranched alkanes of at least 4 members (excludes halogenated alkanes) is 1. The van der Waals surface area contributed by atoms with E-state index in [0.29, 0.717) is 12.5 Å². The summed E-state index contributed by atoms with van der Waals surface area (Å²) in [5.74, 6) is 0.191. The summed E-state index contributed by atoms with van der Waals surface area (Å²) in [6.07, 6.45) is 2.68. The van der Waals surface area contributed by atoms with E-state index in [4.69, 9.17) is 0 Å². The second kappa shape index (κ2) is 9.78. The Labute approximate surface area is 153 Å². The summed E-state index contributed by atoms with van der Waals surface area (Å²) in [7, 11) is 6.40. The van der Waals surface area contributed by atoms with Crippen molar-refractivity contribution >= 4 is 11.6 Å². The summed E-state index contributed by atoms with van der Waals surface area (Å²) in [5, 5.41) is 3.18. The second-order valence-corrected chi connectivity index (χ2v) is 7.56. The van der Waals surface area contributed by atoms with Gasteiger partial charge in [0.05, 0.1) is 13.6 Å². The van der Waals surface area contributed by atoms with Gasteiger partial charge in [0, 0.05) is 31.8 Å². The minimum Gasteiger partial charge on any atom is -0.378 e. The van der Waals surface area contributed by atoms with Crippen molar-refractivity contribution in [2.45, 2.75) is 32.2 Å². The summed E-state index contributed by atoms with van der Waals surface area (Å²) in [6, 6.07) is 9.17. The highest BCUT2D eigenvalue weighted by Gasteiger charge is 2.29. The smallest absolute Gasteiger partial charge is 0.220 e. The summed E-state index contributed by atoms with van der Waals surface area (Å²) in [4.78, 5) is 17.4. The van der Waals surface area contributed by atoms with Crippen LogP contribution in [0.15, 0.2) is 24.3 Å². The molecule has 5 heteroatoms. The highest BCUT2D eigenvalue weighted by molar-refractivity contribution is 5.75. The second-order valence-electron chi connectivity index (χ2n) is 7.56. The van der Waals surface area contributed by atoms with Crippen molar-refractivity contribution in [1.29, 1.82) is 0 Å². The SMILES string of the molecule is CCCCC(=O)NC[C@@H](c1ccc(N(C)C)cc1)[NH+]1CC[NH+](C)CC1. The van der Waals surface area contributed by atoms with Crippen LogP contribution in [0.25, 0.3) is 0 Å². The maximum absolute atomic E-state index is 12.1. The van der Waals surface area contributed by atoms with Crippen molar-refractivity contribution in [2.24, 2.45) is 0 Å². The number of carbonyl (C=O) groups excluding carboxylic acids is 1. The molecule has 1 aromatic carbocycles. The van der Waals surface area contributed by atoms with E-state index in [-0.39, 0.29) is 5.91 Å². The van der Waals surface area contributed by atoms with Gasteiger partial charge in [-0.3, -0.25) is 4.79 Å². The molecule has 140 valence electrons. The normalized spacial score (nSPS) is 21.6. The maximum Gasteiger partial charge on any atom is 0.220 e. The number of quaternary nitrogens is 2. The number of hydrogen-bond acceptors (Lipinski definition) is 2. The molecule has 3 N–H and O–H groups in total. The number of hydrogen-bond donors (Lipinski definition) is 3. The Kier molecular flexibility index (Phi) is 7.72. The number of nitrogens with one attached hydrogen (secondary N) is 3. The van der Waals surface area contributed by atoms with Gasteiger partial charge in [0.2, 0.25) is 5.91 Å². The van der Waals surface area contributed by atoms with Crippen LogP contribution in [0, 0.1) is 0 Å². The van der Waals surface area contributed by atoms with Crippen LogP contribution in [-0.2, 0) is 4.79 Å². The van der Waals surface area contributed by atoms with Gasteiger partial charge in [-0.1, -0.05) is 25.5 Å². The molecule has 1 fully saturated rings. The topological polar surface area (TPSA) is 41.2 Å². The van der Waals surface area contributed by atoms with E-state index in [1.165, 1.54) is 24.3 Å². The van der Waals surface area contributed by atoms with Crippen molar-refractivity contribution in [1.82, 2.24) is 5.32 Å². The van der Waals surface area contributed by atoms with Crippen LogP contribution in [-0.4, -0.2) is 59.8 Å². The number of carbonyl (C=O) groups is 1. The predicted octanol–water partition coefficient (Wildman–Crippen LogP) is -0.487. The molecule has 5 nitrogen and oxygen atoms in total. The third-order valence-corrected chi connectivity index (χ3v) is 5.31. The number of benzene rings is 1. The molecule has 1 aliphatic rings. The van der Waals surface area contributed by atoms with E-state index >= 15 is 0 Å². The standard InChI is InChI=1S/C20H34N4O/c1-5-6-7-20(25)21-16-19(24-14-12-23(4)13-15-24)17-8-10-18(11-9-17)22(2)3/h8-11,19H,5-7,12-16H2,1-4H3,(H,21,25)/p+2/t19-/m0/s1. The summed E-state index contributed by atoms with van der Waals surface area (Å²) >= 11 is 0. The van der Waals surface area contributed by atoms with Gasteiger partial charge in [-0.15, -0.1) is 0 Å². The number of rotatable bonds is 8. The van der Waals surface area contributed by atoms with Gasteiger partial charge in [0.15, 0.2) is 0 Å². The molecule has 1 amide bonds. The fraction of sp³-hybridized carbons (Fsp3) is 0.650. The van der Waals surface area contributed by atoms with Crippen LogP contribution >= 0.6 is 0 Å². The number of amides is 1. The first-order valence-corrected chi connectivity index (χ1v) is 9.71. The Balaban J connectivity index is 2.06. The van der Waals surface area contributed by atoms with E-state index in [2.05, 4.69) is 62.5 Å². The van der Waals surface area contributed by atoms with Crippen molar-refractivity contribution in [2.75, 3.05) is 58.8 Å². The molecule has 1 aromatic rings. The zero-order valence-electron chi connectivity index (χ0n) is 16.4. The first-order chi connectivity index (χ1) is 12.0. The van der Waals surface area contributed by atoms with Gasteiger partial charge in [0.25, 0.3) is 0 Å². The van der Waals surface area contributed by atoms with E-state index in [1.807, 2.05) is 0 Å². The quantitative estimate of drug-likeness (QED) is 0.594. The monoisotopic (exact) mass is 348 g/mol. The zero-order chi connectivity index (χ0) is 18.2. The molecule has 0 bridgehead atoms. The number of piperazine rings is 1. The van der Waals surface area contributed by atoms with Gasteiger partial charge in [-0.05, 0) is 18.6 Å². The van der Waals surface area contributed by atoms with E-state index in [1.54, 1.807) is 9.80 Å². The first kappa shape index (κ1) is 19.7. The average molecular weight is 349 g/mol. The Bertz CT molecular complexity index is 521. The summed E-state index contributed by atoms with van der Waals surface area (Å²) in [6.45, 7) is 7.58. The van der Waals surface area contributed by atoms with Crippen molar-refractivity contribution in [3.63, 3.8) is 0 Å². The van der Waals surface area contributed by atoms with E-state index in [9.17, 15) is 4.79 Å². The maximum atomic E-state index is 12.1.